The van der Waals surface area contributed by atoms with Crippen molar-refractivity contribution in [3.8, 4) is 5.69 Å². The zero-order chi connectivity index (χ0) is 18.0. The van der Waals surface area contributed by atoms with Gasteiger partial charge in [0.05, 0.1) is 6.54 Å². The molecule has 128 valence electrons. The van der Waals surface area contributed by atoms with Gasteiger partial charge in [-0.15, -0.1) is 0 Å². The van der Waals surface area contributed by atoms with Gasteiger partial charge in [0, 0.05) is 28.3 Å². The number of nitrogens with one attached hydrogen (secondary N) is 1. The molecule has 0 bridgehead atoms. The maximum absolute atomic E-state index is 13.2. The molecule has 0 aliphatic rings. The van der Waals surface area contributed by atoms with E-state index >= 15 is 0 Å². The van der Waals surface area contributed by atoms with Gasteiger partial charge < -0.3 is 9.88 Å². The molecular weight excluding hydrogens is 315 g/mol. The van der Waals surface area contributed by atoms with E-state index in [1.54, 1.807) is 12.1 Å². The predicted octanol–water partition coefficient (Wildman–Crippen LogP) is 4.84. The van der Waals surface area contributed by atoms with Crippen LogP contribution in [0.5, 0.6) is 0 Å². The Morgan fingerprint density at radius 3 is 2.44 bits per heavy atom. The quantitative estimate of drug-likeness (QED) is 0.677. The maximum atomic E-state index is 13.2. The minimum Gasteiger partial charge on any atom is -0.378 e. The summed E-state index contributed by atoms with van der Waals surface area (Å²) in [6.45, 7) is 6.11. The molecule has 2 aromatic carbocycles. The van der Waals surface area contributed by atoms with Crippen molar-refractivity contribution in [2.75, 3.05) is 11.9 Å². The highest BCUT2D eigenvalue weighted by Crippen LogP contribution is 2.22. The zero-order valence-corrected chi connectivity index (χ0v) is 14.6. The highest BCUT2D eigenvalue weighted by Gasteiger charge is 2.16. The summed E-state index contributed by atoms with van der Waals surface area (Å²) in [7, 11) is 0. The molecule has 0 spiro atoms. The molecule has 0 saturated carbocycles. The highest BCUT2D eigenvalue weighted by atomic mass is 19.1. The van der Waals surface area contributed by atoms with E-state index in [0.29, 0.717) is 5.56 Å². The van der Waals surface area contributed by atoms with Gasteiger partial charge >= 0.3 is 0 Å². The lowest BCUT2D eigenvalue weighted by Crippen LogP contribution is -2.15. The SMILES string of the molecule is Cc1cccc(NCC(=O)c2cc(C)n(-c3ccc(F)cc3)c2C)c1. The van der Waals surface area contributed by atoms with E-state index in [9.17, 15) is 9.18 Å². The Morgan fingerprint density at radius 2 is 1.76 bits per heavy atom. The molecule has 1 N–H and O–H groups in total. The van der Waals surface area contributed by atoms with Gasteiger partial charge in [-0.25, -0.2) is 4.39 Å². The van der Waals surface area contributed by atoms with E-state index in [2.05, 4.69) is 5.32 Å². The molecule has 3 aromatic rings. The summed E-state index contributed by atoms with van der Waals surface area (Å²) >= 11 is 0. The summed E-state index contributed by atoms with van der Waals surface area (Å²) in [5.41, 5.74) is 5.42. The standard InChI is InChI=1S/C21H21FN2O/c1-14-5-4-6-18(11-14)23-13-21(25)20-12-15(2)24(16(20)3)19-9-7-17(22)8-10-19/h4-12,23H,13H2,1-3H3. The van der Waals surface area contributed by atoms with Gasteiger partial charge in [-0.1, -0.05) is 12.1 Å². The number of Topliss-reactive ketones (excluding diaryl/α,β-unsaturated/α-hetero) is 1. The van der Waals surface area contributed by atoms with Crippen LogP contribution in [0.2, 0.25) is 0 Å². The molecule has 3 rings (SSSR count). The van der Waals surface area contributed by atoms with E-state index in [1.165, 1.54) is 12.1 Å². The van der Waals surface area contributed by atoms with Crippen molar-refractivity contribution < 1.29 is 9.18 Å². The van der Waals surface area contributed by atoms with E-state index in [4.69, 9.17) is 0 Å². The van der Waals surface area contributed by atoms with Crippen LogP contribution < -0.4 is 5.32 Å². The fraction of sp³-hybridized carbons (Fsp3) is 0.190. The summed E-state index contributed by atoms with van der Waals surface area (Å²) in [5.74, 6) is -0.243. The van der Waals surface area contributed by atoms with E-state index in [0.717, 1.165) is 28.3 Å². The molecule has 4 heteroatoms. The second-order valence-electron chi connectivity index (χ2n) is 6.24. The number of anilines is 1. The number of benzene rings is 2. The lowest BCUT2D eigenvalue weighted by molar-refractivity contribution is 0.101. The topological polar surface area (TPSA) is 34.0 Å². The Balaban J connectivity index is 1.82. The Bertz CT molecular complexity index is 910. The van der Waals surface area contributed by atoms with Crippen LogP contribution in [0.15, 0.2) is 54.6 Å². The van der Waals surface area contributed by atoms with Gasteiger partial charge in [-0.3, -0.25) is 4.79 Å². The van der Waals surface area contributed by atoms with E-state index < -0.39 is 0 Å². The van der Waals surface area contributed by atoms with Crippen molar-refractivity contribution in [3.05, 3.63) is 82.9 Å². The number of aryl methyl sites for hydroxylation is 2. The number of halogens is 1. The normalized spacial score (nSPS) is 10.7. The number of hydrogen-bond acceptors (Lipinski definition) is 2. The molecular formula is C21H21FN2O. The zero-order valence-electron chi connectivity index (χ0n) is 14.6. The Kier molecular flexibility index (Phi) is 4.70. The fourth-order valence-electron chi connectivity index (χ4n) is 3.07. The van der Waals surface area contributed by atoms with E-state index in [1.807, 2.05) is 55.7 Å². The Labute approximate surface area is 147 Å². The maximum Gasteiger partial charge on any atom is 0.183 e. The van der Waals surface area contributed by atoms with Crippen molar-refractivity contribution in [3.63, 3.8) is 0 Å². The molecule has 0 unspecified atom stereocenters. The first-order chi connectivity index (χ1) is 12.0. The number of carbonyl (C=O) groups is 1. The van der Waals surface area contributed by atoms with Gasteiger partial charge in [0.1, 0.15) is 5.82 Å². The third-order valence-corrected chi connectivity index (χ3v) is 4.29. The van der Waals surface area contributed by atoms with Crippen LogP contribution in [0.3, 0.4) is 0 Å². The molecule has 0 aliphatic heterocycles. The van der Waals surface area contributed by atoms with Gasteiger partial charge in [-0.05, 0) is 68.8 Å². The summed E-state index contributed by atoms with van der Waals surface area (Å²) in [6.07, 6.45) is 0. The molecule has 0 radical (unpaired) electrons. The van der Waals surface area contributed by atoms with Crippen LogP contribution in [-0.2, 0) is 0 Å². The van der Waals surface area contributed by atoms with Gasteiger partial charge in [0.15, 0.2) is 5.78 Å². The molecule has 0 saturated heterocycles. The minimum absolute atomic E-state index is 0.0305. The summed E-state index contributed by atoms with van der Waals surface area (Å²) in [6, 6.07) is 16.1. The second-order valence-corrected chi connectivity index (χ2v) is 6.24. The molecule has 1 heterocycles. The third-order valence-electron chi connectivity index (χ3n) is 4.29. The van der Waals surface area contributed by atoms with Crippen molar-refractivity contribution >= 4 is 11.5 Å². The summed E-state index contributed by atoms with van der Waals surface area (Å²) < 4.78 is 15.1. The smallest absolute Gasteiger partial charge is 0.183 e. The van der Waals surface area contributed by atoms with Crippen molar-refractivity contribution in [2.45, 2.75) is 20.8 Å². The molecule has 25 heavy (non-hydrogen) atoms. The monoisotopic (exact) mass is 336 g/mol. The van der Waals surface area contributed by atoms with Gasteiger partial charge in [-0.2, -0.15) is 0 Å². The molecule has 0 aliphatic carbocycles. The second kappa shape index (κ2) is 6.93. The average Bonchev–Trinajstić information content (AvgIpc) is 2.88. The number of rotatable bonds is 5. The van der Waals surface area contributed by atoms with Crippen molar-refractivity contribution in [1.82, 2.24) is 4.57 Å². The van der Waals surface area contributed by atoms with Crippen LogP contribution in [0.1, 0.15) is 27.3 Å². The lowest BCUT2D eigenvalue weighted by atomic mass is 10.1. The number of aromatic nitrogens is 1. The van der Waals surface area contributed by atoms with Gasteiger partial charge in [0.25, 0.3) is 0 Å². The third kappa shape index (κ3) is 3.63. The van der Waals surface area contributed by atoms with Crippen molar-refractivity contribution in [2.24, 2.45) is 0 Å². The molecule has 3 nitrogen and oxygen atoms in total. The van der Waals surface area contributed by atoms with Crippen LogP contribution in [-0.4, -0.2) is 16.9 Å². The largest absolute Gasteiger partial charge is 0.378 e. The first-order valence-electron chi connectivity index (χ1n) is 8.24. The first-order valence-corrected chi connectivity index (χ1v) is 8.24. The molecule has 0 amide bonds. The first kappa shape index (κ1) is 17.0. The Hall–Kier alpha value is -2.88. The number of hydrogen-bond donors (Lipinski definition) is 1. The highest BCUT2D eigenvalue weighted by molar-refractivity contribution is 6.00. The fourth-order valence-corrected chi connectivity index (χ4v) is 3.07. The summed E-state index contributed by atoms with van der Waals surface area (Å²) in [5, 5.41) is 3.18. The predicted molar refractivity (Wildman–Crippen MR) is 99.2 cm³/mol. The average molecular weight is 336 g/mol. The van der Waals surface area contributed by atoms with Crippen LogP contribution in [0, 0.1) is 26.6 Å². The Morgan fingerprint density at radius 1 is 1.04 bits per heavy atom. The van der Waals surface area contributed by atoms with Crippen molar-refractivity contribution in [1.29, 1.82) is 0 Å². The molecule has 1 aromatic heterocycles. The molecule has 0 atom stereocenters. The van der Waals surface area contributed by atoms with Crippen LogP contribution in [0.4, 0.5) is 10.1 Å². The van der Waals surface area contributed by atoms with Gasteiger partial charge in [0.2, 0.25) is 0 Å². The summed E-state index contributed by atoms with van der Waals surface area (Å²) in [4.78, 5) is 12.6. The molecule has 0 fully saturated rings. The van der Waals surface area contributed by atoms with E-state index in [-0.39, 0.29) is 18.1 Å². The number of ketones is 1. The minimum atomic E-state index is -0.273. The van der Waals surface area contributed by atoms with Crippen LogP contribution in [0.25, 0.3) is 5.69 Å². The number of carbonyl (C=O) groups excluding carboxylic acids is 1. The number of nitrogens with zero attached hydrogens (tertiary/aromatic N) is 1. The lowest BCUT2D eigenvalue weighted by Gasteiger charge is -2.10. The van der Waals surface area contributed by atoms with Crippen LogP contribution >= 0.6 is 0 Å².